The van der Waals surface area contributed by atoms with Crippen LogP contribution in [-0.4, -0.2) is 35.8 Å². The van der Waals surface area contributed by atoms with E-state index in [1.165, 1.54) is 18.5 Å². The number of piperidine rings is 1. The fraction of sp³-hybridized carbons (Fsp3) is 0.500. The molecule has 5 nitrogen and oxygen atoms in total. The molecule has 0 unspecified atom stereocenters. The lowest BCUT2D eigenvalue weighted by Gasteiger charge is -2.40. The summed E-state index contributed by atoms with van der Waals surface area (Å²) in [5, 5.41) is 4.26. The van der Waals surface area contributed by atoms with Gasteiger partial charge in [0.25, 0.3) is 0 Å². The first-order valence-electron chi connectivity index (χ1n) is 10.6. The van der Waals surface area contributed by atoms with Crippen LogP contribution in [0.4, 0.5) is 10.5 Å². The molecule has 1 aliphatic heterocycles. The molecule has 1 aromatic heterocycles. The Bertz CT molecular complexity index is 914. The van der Waals surface area contributed by atoms with Crippen LogP contribution in [-0.2, 0) is 4.74 Å². The number of carbonyl (C=O) groups is 1. The smallest absolute Gasteiger partial charge is 0.407 e. The van der Waals surface area contributed by atoms with Gasteiger partial charge in [0.05, 0.1) is 11.6 Å². The number of nitrogens with one attached hydrogen (secondary N) is 1. The number of pyridine rings is 1. The predicted octanol–water partition coefficient (Wildman–Crippen LogP) is 5.01. The summed E-state index contributed by atoms with van der Waals surface area (Å²) in [7, 11) is 0. The van der Waals surface area contributed by atoms with E-state index in [1.54, 1.807) is 0 Å². The third kappa shape index (κ3) is 4.55. The SMILES string of the molecule is C=Cc1ccc(N2C[C@H](NC(=O)OC(C)(C)C)C[C@H](C3CC3)C2)c2cccnc12. The zero-order valence-electron chi connectivity index (χ0n) is 17.6. The van der Waals surface area contributed by atoms with E-state index in [1.807, 2.05) is 39.1 Å². The first-order chi connectivity index (χ1) is 13.8. The van der Waals surface area contributed by atoms with Gasteiger partial charge in [0.1, 0.15) is 5.60 Å². The number of rotatable bonds is 4. The number of benzene rings is 1. The maximum absolute atomic E-state index is 12.4. The largest absolute Gasteiger partial charge is 0.444 e. The molecule has 4 rings (SSSR count). The number of hydrogen-bond donors (Lipinski definition) is 1. The summed E-state index contributed by atoms with van der Waals surface area (Å²) in [5.41, 5.74) is 2.71. The second kappa shape index (κ2) is 7.69. The summed E-state index contributed by atoms with van der Waals surface area (Å²) < 4.78 is 5.50. The van der Waals surface area contributed by atoms with Crippen LogP contribution < -0.4 is 10.2 Å². The van der Waals surface area contributed by atoms with Crippen molar-refractivity contribution in [2.75, 3.05) is 18.0 Å². The summed E-state index contributed by atoms with van der Waals surface area (Å²) in [6, 6.07) is 8.45. The van der Waals surface area contributed by atoms with Crippen LogP contribution in [0.1, 0.15) is 45.6 Å². The van der Waals surface area contributed by atoms with Crippen LogP contribution in [0.25, 0.3) is 17.0 Å². The molecule has 1 aliphatic carbocycles. The molecule has 1 saturated carbocycles. The van der Waals surface area contributed by atoms with Crippen molar-refractivity contribution in [2.45, 2.75) is 51.7 Å². The lowest BCUT2D eigenvalue weighted by Crippen LogP contribution is -2.52. The summed E-state index contributed by atoms with van der Waals surface area (Å²) in [6.45, 7) is 11.4. The Hall–Kier alpha value is -2.56. The van der Waals surface area contributed by atoms with Gasteiger partial charge in [-0.15, -0.1) is 0 Å². The fourth-order valence-electron chi connectivity index (χ4n) is 4.44. The maximum Gasteiger partial charge on any atom is 0.407 e. The van der Waals surface area contributed by atoms with Gasteiger partial charge in [-0.2, -0.15) is 0 Å². The molecule has 29 heavy (non-hydrogen) atoms. The van der Waals surface area contributed by atoms with Gasteiger partial charge in [-0.25, -0.2) is 4.79 Å². The number of ether oxygens (including phenoxy) is 1. The number of carbonyl (C=O) groups excluding carboxylic acids is 1. The average Bonchev–Trinajstić information content (AvgIpc) is 3.50. The van der Waals surface area contributed by atoms with Crippen LogP contribution in [0.2, 0.25) is 0 Å². The minimum absolute atomic E-state index is 0.0787. The number of hydrogen-bond acceptors (Lipinski definition) is 4. The van der Waals surface area contributed by atoms with Crippen LogP contribution in [0.5, 0.6) is 0 Å². The maximum atomic E-state index is 12.4. The molecule has 2 fully saturated rings. The van der Waals surface area contributed by atoms with Gasteiger partial charge in [0.15, 0.2) is 0 Å². The lowest BCUT2D eigenvalue weighted by atomic mass is 9.89. The molecule has 5 heteroatoms. The summed E-state index contributed by atoms with van der Waals surface area (Å²) in [4.78, 5) is 19.4. The second-order valence-electron chi connectivity index (χ2n) is 9.36. The minimum Gasteiger partial charge on any atom is -0.444 e. The van der Waals surface area contributed by atoms with E-state index in [4.69, 9.17) is 4.74 Å². The molecular formula is C24H31N3O2. The average molecular weight is 394 g/mol. The molecular weight excluding hydrogens is 362 g/mol. The van der Waals surface area contributed by atoms with Crippen LogP contribution >= 0.6 is 0 Å². The van der Waals surface area contributed by atoms with Crippen LogP contribution in [0.3, 0.4) is 0 Å². The molecule has 0 spiro atoms. The highest BCUT2D eigenvalue weighted by molar-refractivity contribution is 5.96. The Morgan fingerprint density at radius 3 is 2.72 bits per heavy atom. The summed E-state index contributed by atoms with van der Waals surface area (Å²) in [5.74, 6) is 1.37. The molecule has 0 bridgehead atoms. The number of nitrogens with zero attached hydrogens (tertiary/aromatic N) is 2. The zero-order valence-corrected chi connectivity index (χ0v) is 17.6. The van der Waals surface area contributed by atoms with Gasteiger partial charge in [0, 0.05) is 35.9 Å². The quantitative estimate of drug-likeness (QED) is 0.793. The van der Waals surface area contributed by atoms with Gasteiger partial charge in [-0.1, -0.05) is 18.7 Å². The van der Waals surface area contributed by atoms with E-state index in [9.17, 15) is 4.79 Å². The summed E-state index contributed by atoms with van der Waals surface area (Å²) in [6.07, 6.45) is 6.98. The van der Waals surface area contributed by atoms with Crippen molar-refractivity contribution in [3.05, 3.63) is 42.6 Å². The van der Waals surface area contributed by atoms with Crippen molar-refractivity contribution in [2.24, 2.45) is 11.8 Å². The number of alkyl carbamates (subject to hydrolysis) is 1. The van der Waals surface area contributed by atoms with Crippen molar-refractivity contribution >= 4 is 28.8 Å². The normalized spacial score (nSPS) is 22.4. The molecule has 1 aromatic carbocycles. The monoisotopic (exact) mass is 393 g/mol. The van der Waals surface area contributed by atoms with Crippen molar-refractivity contribution in [3.63, 3.8) is 0 Å². The van der Waals surface area contributed by atoms with Gasteiger partial charge >= 0.3 is 6.09 Å². The zero-order chi connectivity index (χ0) is 20.6. The number of anilines is 1. The Kier molecular flexibility index (Phi) is 5.24. The molecule has 1 amide bonds. The van der Waals surface area contributed by atoms with E-state index in [0.29, 0.717) is 5.92 Å². The minimum atomic E-state index is -0.489. The second-order valence-corrected chi connectivity index (χ2v) is 9.36. The molecule has 2 atom stereocenters. The van der Waals surface area contributed by atoms with Crippen molar-refractivity contribution < 1.29 is 9.53 Å². The third-order valence-electron chi connectivity index (χ3n) is 5.83. The molecule has 1 N–H and O–H groups in total. The van der Waals surface area contributed by atoms with Crippen LogP contribution in [0.15, 0.2) is 37.0 Å². The Labute approximate surface area is 173 Å². The summed E-state index contributed by atoms with van der Waals surface area (Å²) >= 11 is 0. The fourth-order valence-corrected chi connectivity index (χ4v) is 4.44. The predicted molar refractivity (Wildman–Crippen MR) is 118 cm³/mol. The molecule has 154 valence electrons. The Morgan fingerprint density at radius 1 is 1.24 bits per heavy atom. The Balaban J connectivity index is 1.60. The highest BCUT2D eigenvalue weighted by atomic mass is 16.6. The van der Waals surface area contributed by atoms with Crippen molar-refractivity contribution in [3.8, 4) is 0 Å². The molecule has 1 saturated heterocycles. The molecule has 0 radical (unpaired) electrons. The van der Waals surface area contributed by atoms with E-state index >= 15 is 0 Å². The first-order valence-corrected chi connectivity index (χ1v) is 10.6. The molecule has 2 aromatic rings. The standard InChI is InChI=1S/C24H31N3O2/c1-5-16-10-11-21(20-7-6-12-25-22(16)20)27-14-18(17-8-9-17)13-19(15-27)26-23(28)29-24(2,3)4/h5-7,10-12,17-19H,1,8-9,13-15H2,2-4H3,(H,26,28)/t18-,19+/m0/s1. The van der Waals surface area contributed by atoms with Crippen LogP contribution in [0, 0.1) is 11.8 Å². The molecule has 2 aliphatic rings. The van der Waals surface area contributed by atoms with Crippen molar-refractivity contribution in [1.29, 1.82) is 0 Å². The van der Waals surface area contributed by atoms with E-state index in [0.717, 1.165) is 41.9 Å². The van der Waals surface area contributed by atoms with Gasteiger partial charge in [0.2, 0.25) is 0 Å². The molecule has 2 heterocycles. The first kappa shape index (κ1) is 19.7. The highest BCUT2D eigenvalue weighted by Gasteiger charge is 2.38. The third-order valence-corrected chi connectivity index (χ3v) is 5.83. The van der Waals surface area contributed by atoms with E-state index in [2.05, 4.69) is 40.0 Å². The lowest BCUT2D eigenvalue weighted by molar-refractivity contribution is 0.0492. The Morgan fingerprint density at radius 2 is 2.03 bits per heavy atom. The van der Waals surface area contributed by atoms with E-state index in [-0.39, 0.29) is 12.1 Å². The van der Waals surface area contributed by atoms with Crippen molar-refractivity contribution in [1.82, 2.24) is 10.3 Å². The van der Waals surface area contributed by atoms with E-state index < -0.39 is 5.60 Å². The van der Waals surface area contributed by atoms with Gasteiger partial charge < -0.3 is 15.0 Å². The van der Waals surface area contributed by atoms with Gasteiger partial charge in [-0.05, 0) is 70.1 Å². The highest BCUT2D eigenvalue weighted by Crippen LogP contribution is 2.42. The number of aromatic nitrogens is 1. The topological polar surface area (TPSA) is 54.5 Å². The number of amides is 1. The number of fused-ring (bicyclic) bond motifs is 1. The van der Waals surface area contributed by atoms with Gasteiger partial charge in [-0.3, -0.25) is 4.98 Å².